The van der Waals surface area contributed by atoms with E-state index < -0.39 is 0 Å². The molecule has 1 N–H and O–H groups in total. The van der Waals surface area contributed by atoms with Gasteiger partial charge in [0, 0.05) is 22.1 Å². The highest BCUT2D eigenvalue weighted by atomic mass is 79.9. The Morgan fingerprint density at radius 1 is 1.67 bits per heavy atom. The first kappa shape index (κ1) is 16.0. The molecule has 1 aliphatic rings. The van der Waals surface area contributed by atoms with Gasteiger partial charge in [-0.3, -0.25) is 0 Å². The van der Waals surface area contributed by atoms with E-state index in [1.807, 2.05) is 13.0 Å². The number of hydrogen-bond acceptors (Lipinski definition) is 5. The summed E-state index contributed by atoms with van der Waals surface area (Å²) in [5.74, 6) is 0. The smallest absolute Gasteiger partial charge is 0.329 e. The maximum atomic E-state index is 10.9. The van der Waals surface area contributed by atoms with Crippen LogP contribution in [0.25, 0.3) is 0 Å². The summed E-state index contributed by atoms with van der Waals surface area (Å²) in [7, 11) is 1.44. The average Bonchev–Trinajstić information content (AvgIpc) is 2.72. The summed E-state index contributed by atoms with van der Waals surface area (Å²) in [6.07, 6.45) is 0.716. The van der Waals surface area contributed by atoms with E-state index in [-0.39, 0.29) is 18.6 Å². The van der Waals surface area contributed by atoms with Crippen molar-refractivity contribution in [2.45, 2.75) is 12.3 Å². The number of aliphatic hydroxyl groups excluding tert-OH is 1. The molecule has 1 aromatic rings. The molecular formula is C14H15BBrN2O3. The van der Waals surface area contributed by atoms with E-state index in [0.717, 1.165) is 15.7 Å². The van der Waals surface area contributed by atoms with Crippen molar-refractivity contribution in [3.63, 3.8) is 0 Å². The molecule has 0 bridgehead atoms. The van der Waals surface area contributed by atoms with Crippen LogP contribution in [-0.2, 0) is 14.9 Å². The van der Waals surface area contributed by atoms with E-state index in [1.165, 1.54) is 7.41 Å². The molecule has 0 spiro atoms. The summed E-state index contributed by atoms with van der Waals surface area (Å²) in [6, 6.07) is 5.87. The lowest BCUT2D eigenvalue weighted by molar-refractivity contribution is 0.0639. The van der Waals surface area contributed by atoms with Crippen molar-refractivity contribution in [1.82, 2.24) is 0 Å². The zero-order valence-corrected chi connectivity index (χ0v) is 13.3. The highest BCUT2D eigenvalue weighted by Gasteiger charge is 2.40. The molecule has 109 valence electrons. The number of carbonyl (C=O) groups is 1. The number of aliphatic hydroxyl groups is 1. The first-order chi connectivity index (χ1) is 10.1. The van der Waals surface area contributed by atoms with E-state index >= 15 is 0 Å². The van der Waals surface area contributed by atoms with E-state index in [4.69, 9.17) is 9.84 Å². The van der Waals surface area contributed by atoms with Crippen molar-refractivity contribution in [3.05, 3.63) is 27.7 Å². The van der Waals surface area contributed by atoms with Gasteiger partial charge in [0.15, 0.2) is 0 Å². The van der Waals surface area contributed by atoms with E-state index in [9.17, 15) is 10.1 Å². The van der Waals surface area contributed by atoms with Crippen LogP contribution in [0.3, 0.4) is 0 Å². The predicted molar refractivity (Wildman–Crippen MR) is 84.0 cm³/mol. The van der Waals surface area contributed by atoms with Gasteiger partial charge in [-0.05, 0) is 17.7 Å². The summed E-state index contributed by atoms with van der Waals surface area (Å²) in [6.45, 7) is 3.22. The summed E-state index contributed by atoms with van der Waals surface area (Å²) >= 11 is 3.42. The maximum Gasteiger partial charge on any atom is 0.329 e. The Balaban J connectivity index is 2.45. The second kappa shape index (κ2) is 6.61. The van der Waals surface area contributed by atoms with Crippen LogP contribution in [0.1, 0.15) is 18.1 Å². The normalized spacial score (nSPS) is 20.0. The number of hydrogen-bond donors (Lipinski definition) is 1. The topological polar surface area (TPSA) is 73.6 Å². The number of fused-ring (bicyclic) bond motifs is 1. The molecule has 21 heavy (non-hydrogen) atoms. The van der Waals surface area contributed by atoms with Crippen LogP contribution < -0.4 is 4.81 Å². The third-order valence-electron chi connectivity index (χ3n) is 3.55. The number of nitrogens with zero attached hydrogens (tertiary/aromatic N) is 2. The van der Waals surface area contributed by atoms with E-state index in [0.29, 0.717) is 24.9 Å². The summed E-state index contributed by atoms with van der Waals surface area (Å²) < 4.78 is 6.31. The van der Waals surface area contributed by atoms with Gasteiger partial charge in [-0.25, -0.2) is 0 Å². The van der Waals surface area contributed by atoms with Crippen LogP contribution in [0, 0.1) is 11.3 Å². The average molecular weight is 350 g/mol. The Hall–Kier alpha value is -1.36. The fourth-order valence-electron chi connectivity index (χ4n) is 2.68. The second-order valence-electron chi connectivity index (χ2n) is 5.21. The molecule has 1 heterocycles. The van der Waals surface area contributed by atoms with Crippen LogP contribution >= 0.6 is 15.9 Å². The molecule has 7 heteroatoms. The highest BCUT2D eigenvalue weighted by Crippen LogP contribution is 2.43. The Bertz CT molecular complexity index is 590. The number of nitriles is 1. The van der Waals surface area contributed by atoms with Gasteiger partial charge >= 0.3 is 7.41 Å². The van der Waals surface area contributed by atoms with Crippen LogP contribution in [0.5, 0.6) is 0 Å². The van der Waals surface area contributed by atoms with Gasteiger partial charge in [0.1, 0.15) is 12.3 Å². The molecule has 1 unspecified atom stereocenters. The van der Waals surface area contributed by atoms with Gasteiger partial charge in [-0.15, -0.1) is 0 Å². The Morgan fingerprint density at radius 3 is 3.05 bits per heavy atom. The number of halogens is 1. The first-order valence-electron chi connectivity index (χ1n) is 6.54. The monoisotopic (exact) mass is 349 g/mol. The predicted octanol–water partition coefficient (Wildman–Crippen LogP) is 1.22. The SMILES string of the molecule is CC1(COCCO)CN([B]C=O)c2c(C#N)cc(Br)cc21. The van der Waals surface area contributed by atoms with Crippen LogP contribution in [-0.4, -0.2) is 45.1 Å². The van der Waals surface area contributed by atoms with Crippen LogP contribution in [0.2, 0.25) is 0 Å². The molecule has 1 aliphatic heterocycles. The minimum atomic E-state index is -0.348. The molecule has 1 atom stereocenters. The molecular weight excluding hydrogens is 335 g/mol. The summed E-state index contributed by atoms with van der Waals surface area (Å²) in [5.41, 5.74) is 1.88. The third kappa shape index (κ3) is 3.13. The van der Waals surface area contributed by atoms with E-state index in [2.05, 4.69) is 22.0 Å². The van der Waals surface area contributed by atoms with Gasteiger partial charge in [0.2, 0.25) is 0 Å². The number of carbonyl (C=O) groups excluding carboxylic acids is 1. The molecule has 1 aromatic carbocycles. The number of ether oxygens (including phenoxy) is 1. The number of benzene rings is 1. The lowest BCUT2D eigenvalue weighted by Gasteiger charge is -2.25. The van der Waals surface area contributed by atoms with Crippen molar-refractivity contribution in [2.24, 2.45) is 0 Å². The number of anilines is 1. The lowest BCUT2D eigenvalue weighted by Crippen LogP contribution is -2.37. The zero-order chi connectivity index (χ0) is 15.5. The van der Waals surface area contributed by atoms with Crippen molar-refractivity contribution in [3.8, 4) is 6.07 Å². The molecule has 0 fully saturated rings. The molecule has 0 aromatic heterocycles. The molecule has 0 aliphatic carbocycles. The minimum Gasteiger partial charge on any atom is -0.410 e. The first-order valence-corrected chi connectivity index (χ1v) is 7.33. The van der Waals surface area contributed by atoms with Crippen molar-refractivity contribution >= 4 is 35.2 Å². The maximum absolute atomic E-state index is 10.9. The highest BCUT2D eigenvalue weighted by molar-refractivity contribution is 9.10. The standard InChI is InChI=1S/C14H15BBrN2O3/c1-14(8-21-3-2-19)7-18(15-9-20)13-10(6-17)4-11(16)5-12(13)14/h4-5,9,19H,2-3,7-8H2,1H3. The Labute approximate surface area is 132 Å². The van der Waals surface area contributed by atoms with Crippen LogP contribution in [0.4, 0.5) is 5.69 Å². The lowest BCUT2D eigenvalue weighted by atomic mass is 9.84. The van der Waals surface area contributed by atoms with Crippen molar-refractivity contribution in [1.29, 1.82) is 5.26 Å². The van der Waals surface area contributed by atoms with Gasteiger partial charge in [-0.1, -0.05) is 22.9 Å². The van der Waals surface area contributed by atoms with Crippen LogP contribution in [0.15, 0.2) is 16.6 Å². The fraction of sp³-hybridized carbons (Fsp3) is 0.429. The summed E-state index contributed by atoms with van der Waals surface area (Å²) in [4.78, 5) is 12.6. The Morgan fingerprint density at radius 2 is 2.43 bits per heavy atom. The quantitative estimate of drug-likeness (QED) is 0.475. The molecule has 0 amide bonds. The second-order valence-corrected chi connectivity index (χ2v) is 6.13. The molecule has 0 saturated carbocycles. The number of rotatable bonds is 6. The Kier molecular flexibility index (Phi) is 5.04. The summed E-state index contributed by atoms with van der Waals surface area (Å²) in [5, 5.41) is 18.2. The van der Waals surface area contributed by atoms with Gasteiger partial charge < -0.3 is 19.4 Å². The molecule has 2 rings (SSSR count). The largest absolute Gasteiger partial charge is 0.410 e. The minimum absolute atomic E-state index is 0.0327. The fourth-order valence-corrected chi connectivity index (χ4v) is 3.14. The van der Waals surface area contributed by atoms with E-state index in [1.54, 1.807) is 10.9 Å². The van der Waals surface area contributed by atoms with Crippen molar-refractivity contribution < 1.29 is 14.6 Å². The molecule has 1 radical (unpaired) electrons. The van der Waals surface area contributed by atoms with Gasteiger partial charge in [-0.2, -0.15) is 5.26 Å². The van der Waals surface area contributed by atoms with Gasteiger partial charge in [0.25, 0.3) is 0 Å². The van der Waals surface area contributed by atoms with Gasteiger partial charge in [0.05, 0.1) is 25.4 Å². The van der Waals surface area contributed by atoms with Crippen molar-refractivity contribution in [2.75, 3.05) is 31.2 Å². The molecule has 0 saturated heterocycles. The third-order valence-corrected chi connectivity index (χ3v) is 4.01. The zero-order valence-electron chi connectivity index (χ0n) is 11.7. The molecule has 5 nitrogen and oxygen atoms in total.